The van der Waals surface area contributed by atoms with Crippen LogP contribution in [0, 0.1) is 5.41 Å². The molecular formula is C23H48N2O5. The molecule has 7 nitrogen and oxygen atoms in total. The van der Waals surface area contributed by atoms with E-state index in [-0.39, 0.29) is 0 Å². The van der Waals surface area contributed by atoms with Gasteiger partial charge in [0, 0.05) is 45.4 Å². The van der Waals surface area contributed by atoms with Gasteiger partial charge >= 0.3 is 0 Å². The average molecular weight is 433 g/mol. The van der Waals surface area contributed by atoms with Crippen molar-refractivity contribution >= 4 is 0 Å². The van der Waals surface area contributed by atoms with Crippen molar-refractivity contribution in [3.63, 3.8) is 0 Å². The molecule has 0 bridgehead atoms. The maximum absolute atomic E-state index is 5.68. The van der Waals surface area contributed by atoms with E-state index < -0.39 is 0 Å². The molecule has 1 aliphatic heterocycles. The Balaban J connectivity index is 1.72. The van der Waals surface area contributed by atoms with Gasteiger partial charge in [0.1, 0.15) is 0 Å². The molecule has 0 radical (unpaired) electrons. The van der Waals surface area contributed by atoms with Crippen LogP contribution >= 0.6 is 0 Å². The molecule has 1 rings (SSSR count). The number of rotatable bonds is 18. The van der Waals surface area contributed by atoms with Gasteiger partial charge in [-0.2, -0.15) is 0 Å². The summed E-state index contributed by atoms with van der Waals surface area (Å²) in [5, 5.41) is 0. The first kappa shape index (κ1) is 27.8. The van der Waals surface area contributed by atoms with E-state index in [1.807, 2.05) is 0 Å². The van der Waals surface area contributed by atoms with Crippen molar-refractivity contribution in [3.8, 4) is 0 Å². The van der Waals surface area contributed by atoms with Crippen LogP contribution in [-0.2, 0) is 23.7 Å². The topological polar surface area (TPSA) is 52.6 Å². The van der Waals surface area contributed by atoms with Crippen LogP contribution in [0.5, 0.6) is 0 Å². The highest BCUT2D eigenvalue weighted by Crippen LogP contribution is 2.17. The second-order valence-electron chi connectivity index (χ2n) is 9.34. The summed E-state index contributed by atoms with van der Waals surface area (Å²) >= 11 is 0. The summed E-state index contributed by atoms with van der Waals surface area (Å²) < 4.78 is 27.7. The molecule has 1 heterocycles. The minimum absolute atomic E-state index is 0.326. The largest absolute Gasteiger partial charge is 0.379 e. The maximum Gasteiger partial charge on any atom is 0.0701 e. The second-order valence-corrected chi connectivity index (χ2v) is 9.34. The van der Waals surface area contributed by atoms with Crippen LogP contribution in [0.2, 0.25) is 0 Å². The van der Waals surface area contributed by atoms with Crippen molar-refractivity contribution in [1.29, 1.82) is 0 Å². The van der Waals surface area contributed by atoms with Crippen molar-refractivity contribution in [2.75, 3.05) is 98.8 Å². The van der Waals surface area contributed by atoms with Gasteiger partial charge in [0.05, 0.1) is 59.5 Å². The fourth-order valence-corrected chi connectivity index (χ4v) is 3.06. The number of hydrogen-bond acceptors (Lipinski definition) is 7. The van der Waals surface area contributed by atoms with Gasteiger partial charge in [-0.1, -0.05) is 20.8 Å². The van der Waals surface area contributed by atoms with Gasteiger partial charge in [0.2, 0.25) is 0 Å². The number of ether oxygens (including phenoxy) is 5. The van der Waals surface area contributed by atoms with Crippen LogP contribution in [0.4, 0.5) is 0 Å². The third kappa shape index (κ3) is 16.4. The maximum atomic E-state index is 5.68. The van der Waals surface area contributed by atoms with E-state index in [0.717, 1.165) is 52.4 Å². The Morgan fingerprint density at radius 3 is 1.40 bits per heavy atom. The van der Waals surface area contributed by atoms with E-state index in [4.69, 9.17) is 23.7 Å². The molecule has 30 heavy (non-hydrogen) atoms. The van der Waals surface area contributed by atoms with Crippen molar-refractivity contribution in [2.24, 2.45) is 5.41 Å². The van der Waals surface area contributed by atoms with Crippen LogP contribution < -0.4 is 0 Å². The van der Waals surface area contributed by atoms with Gasteiger partial charge in [0.15, 0.2) is 0 Å². The summed E-state index contributed by atoms with van der Waals surface area (Å²) in [6, 6.07) is 0.653. The lowest BCUT2D eigenvalue weighted by molar-refractivity contribution is -0.0143. The van der Waals surface area contributed by atoms with Gasteiger partial charge in [-0.05, 0) is 25.7 Å². The molecule has 0 N–H and O–H groups in total. The van der Waals surface area contributed by atoms with Crippen LogP contribution in [0.25, 0.3) is 0 Å². The molecule has 1 aliphatic rings. The molecule has 1 saturated heterocycles. The van der Waals surface area contributed by atoms with Crippen molar-refractivity contribution < 1.29 is 23.7 Å². The van der Waals surface area contributed by atoms with Crippen LogP contribution in [0.3, 0.4) is 0 Å². The molecule has 0 unspecified atom stereocenters. The van der Waals surface area contributed by atoms with Crippen molar-refractivity contribution in [1.82, 2.24) is 9.80 Å². The highest BCUT2D eigenvalue weighted by molar-refractivity contribution is 4.73. The number of hydrogen-bond donors (Lipinski definition) is 0. The fraction of sp³-hybridized carbons (Fsp3) is 1.00. The van der Waals surface area contributed by atoms with Gasteiger partial charge in [-0.15, -0.1) is 0 Å². The zero-order valence-electron chi connectivity index (χ0n) is 20.3. The van der Waals surface area contributed by atoms with E-state index in [1.165, 1.54) is 0 Å². The van der Waals surface area contributed by atoms with E-state index >= 15 is 0 Å². The lowest BCUT2D eigenvalue weighted by Gasteiger charge is -2.36. The van der Waals surface area contributed by atoms with E-state index in [2.05, 4.69) is 44.4 Å². The zero-order chi connectivity index (χ0) is 22.1. The predicted molar refractivity (Wildman–Crippen MR) is 121 cm³/mol. The van der Waals surface area contributed by atoms with Crippen LogP contribution in [0.1, 0.15) is 41.0 Å². The standard InChI is InChI=1S/C23H48N2O5/c1-22(2)25-9-7-24(8-10-25)11-13-27-15-17-29-19-21-30-20-18-28-16-14-26-12-6-23(3,4)5/h22H,6-21H2,1-5H3. The van der Waals surface area contributed by atoms with Gasteiger partial charge < -0.3 is 23.7 Å². The molecule has 0 spiro atoms. The summed E-state index contributed by atoms with van der Waals surface area (Å²) in [6.45, 7) is 23.3. The van der Waals surface area contributed by atoms with E-state index in [0.29, 0.717) is 64.3 Å². The first-order valence-corrected chi connectivity index (χ1v) is 11.7. The molecule has 7 heteroatoms. The highest BCUT2D eigenvalue weighted by Gasteiger charge is 2.18. The smallest absolute Gasteiger partial charge is 0.0701 e. The summed E-state index contributed by atoms with van der Waals surface area (Å²) in [6.07, 6.45) is 1.07. The normalized spacial score (nSPS) is 16.6. The van der Waals surface area contributed by atoms with E-state index in [1.54, 1.807) is 0 Å². The van der Waals surface area contributed by atoms with Crippen molar-refractivity contribution in [2.45, 2.75) is 47.1 Å². The van der Waals surface area contributed by atoms with Crippen molar-refractivity contribution in [3.05, 3.63) is 0 Å². The Kier molecular flexibility index (Phi) is 16.0. The Labute approximate surface area is 185 Å². The third-order valence-electron chi connectivity index (χ3n) is 5.17. The quantitative estimate of drug-likeness (QED) is 0.309. The highest BCUT2D eigenvalue weighted by atomic mass is 16.6. The molecule has 0 aliphatic carbocycles. The zero-order valence-corrected chi connectivity index (χ0v) is 20.3. The minimum atomic E-state index is 0.326. The molecular weight excluding hydrogens is 384 g/mol. The minimum Gasteiger partial charge on any atom is -0.379 e. The summed E-state index contributed by atoms with van der Waals surface area (Å²) in [5.41, 5.74) is 0.326. The summed E-state index contributed by atoms with van der Waals surface area (Å²) in [7, 11) is 0. The first-order chi connectivity index (χ1) is 14.4. The second kappa shape index (κ2) is 17.3. The van der Waals surface area contributed by atoms with Gasteiger partial charge in [-0.25, -0.2) is 0 Å². The number of piperazine rings is 1. The van der Waals surface area contributed by atoms with Gasteiger partial charge in [0.25, 0.3) is 0 Å². The first-order valence-electron chi connectivity index (χ1n) is 11.7. The molecule has 0 atom stereocenters. The lowest BCUT2D eigenvalue weighted by Crippen LogP contribution is -2.49. The number of nitrogens with zero attached hydrogens (tertiary/aromatic N) is 2. The lowest BCUT2D eigenvalue weighted by atomic mass is 9.93. The molecule has 0 aromatic heterocycles. The Bertz CT molecular complexity index is 382. The van der Waals surface area contributed by atoms with Crippen LogP contribution in [-0.4, -0.2) is 115 Å². The van der Waals surface area contributed by atoms with Gasteiger partial charge in [-0.3, -0.25) is 9.80 Å². The predicted octanol–water partition coefficient (Wildman–Crippen LogP) is 2.53. The average Bonchev–Trinajstić information content (AvgIpc) is 2.69. The summed E-state index contributed by atoms with van der Waals surface area (Å²) in [4.78, 5) is 5.01. The monoisotopic (exact) mass is 432 g/mol. The molecule has 180 valence electrons. The molecule has 1 fully saturated rings. The third-order valence-corrected chi connectivity index (χ3v) is 5.17. The Hall–Kier alpha value is -0.280. The molecule has 0 amide bonds. The molecule has 0 saturated carbocycles. The molecule has 0 aromatic carbocycles. The van der Waals surface area contributed by atoms with Crippen LogP contribution in [0.15, 0.2) is 0 Å². The van der Waals surface area contributed by atoms with E-state index in [9.17, 15) is 0 Å². The Morgan fingerprint density at radius 2 is 1.00 bits per heavy atom. The fourth-order valence-electron chi connectivity index (χ4n) is 3.06. The Morgan fingerprint density at radius 1 is 0.600 bits per heavy atom. The SMILES string of the molecule is CC(C)N1CCN(CCOCCOCCOCCOCCOCCC(C)(C)C)CC1. The molecule has 0 aromatic rings. The summed E-state index contributed by atoms with van der Waals surface area (Å²) in [5.74, 6) is 0.